The molecule has 0 aliphatic carbocycles. The number of hydrogen-bond donors (Lipinski definition) is 3. The van der Waals surface area contributed by atoms with Crippen LogP contribution < -0.4 is 9.44 Å². The quantitative estimate of drug-likeness (QED) is 0.654. The third kappa shape index (κ3) is 3.58. The van der Waals surface area contributed by atoms with Crippen LogP contribution in [0.15, 0.2) is 23.1 Å². The minimum atomic E-state index is -3.81. The fourth-order valence-corrected chi connectivity index (χ4v) is 2.23. The molecule has 0 unspecified atom stereocenters. The van der Waals surface area contributed by atoms with Crippen molar-refractivity contribution in [3.8, 4) is 5.75 Å². The van der Waals surface area contributed by atoms with Crippen LogP contribution in [-0.4, -0.2) is 35.2 Å². The molecule has 0 aromatic heterocycles. The van der Waals surface area contributed by atoms with E-state index < -0.39 is 20.0 Å². The van der Waals surface area contributed by atoms with Gasteiger partial charge in [-0.15, -0.1) is 0 Å². The Morgan fingerprint density at radius 1 is 1.18 bits per heavy atom. The van der Waals surface area contributed by atoms with E-state index in [9.17, 15) is 21.9 Å². The number of aromatic hydroxyl groups is 1. The van der Waals surface area contributed by atoms with Gasteiger partial charge in [-0.1, -0.05) is 0 Å². The van der Waals surface area contributed by atoms with Crippen molar-refractivity contribution in [3.05, 3.63) is 18.2 Å². The molecular weight excluding hydrogens is 268 g/mol. The molecule has 96 valence electrons. The summed E-state index contributed by atoms with van der Waals surface area (Å²) in [5.74, 6) is -0.365. The molecule has 0 spiro atoms. The minimum Gasteiger partial charge on any atom is -0.506 e. The standard InChI is InChI=1S/C8H12N2O5S2/c1-9-17(14,15)10-7-5-6(16(2,12)13)3-4-8(7)11/h3-5,9-11H,1-2H3. The summed E-state index contributed by atoms with van der Waals surface area (Å²) in [6, 6.07) is 3.32. The Bertz CT molecular complexity index is 621. The minimum absolute atomic E-state index is 0.0934. The maximum absolute atomic E-state index is 11.3. The highest BCUT2D eigenvalue weighted by molar-refractivity contribution is 7.91. The van der Waals surface area contributed by atoms with Crippen molar-refractivity contribution in [2.45, 2.75) is 4.90 Å². The Kier molecular flexibility index (Phi) is 3.65. The zero-order valence-electron chi connectivity index (χ0n) is 9.13. The molecule has 0 heterocycles. The number of phenolic OH excluding ortho intramolecular Hbond substituents is 1. The zero-order chi connectivity index (χ0) is 13.3. The number of nitrogens with one attached hydrogen (secondary N) is 2. The summed E-state index contributed by atoms with van der Waals surface area (Å²) in [5.41, 5.74) is -0.206. The van der Waals surface area contributed by atoms with Crippen molar-refractivity contribution in [3.63, 3.8) is 0 Å². The van der Waals surface area contributed by atoms with E-state index >= 15 is 0 Å². The average molecular weight is 280 g/mol. The summed E-state index contributed by atoms with van der Waals surface area (Å²) < 4.78 is 48.9. The van der Waals surface area contributed by atoms with Crippen LogP contribution >= 0.6 is 0 Å². The lowest BCUT2D eigenvalue weighted by molar-refractivity contribution is 0.477. The van der Waals surface area contributed by atoms with Gasteiger partial charge in [0.1, 0.15) is 5.75 Å². The number of anilines is 1. The average Bonchev–Trinajstić information content (AvgIpc) is 2.19. The largest absolute Gasteiger partial charge is 0.506 e. The van der Waals surface area contributed by atoms with E-state index in [1.54, 1.807) is 0 Å². The predicted octanol–water partition coefficient (Wildman–Crippen LogP) is -0.328. The maximum Gasteiger partial charge on any atom is 0.298 e. The van der Waals surface area contributed by atoms with Crippen LogP contribution in [0.3, 0.4) is 0 Å². The summed E-state index contributed by atoms with van der Waals surface area (Å²) >= 11 is 0. The molecule has 9 heteroatoms. The van der Waals surface area contributed by atoms with Crippen molar-refractivity contribution < 1.29 is 21.9 Å². The van der Waals surface area contributed by atoms with Gasteiger partial charge in [-0.3, -0.25) is 4.72 Å². The summed E-state index contributed by atoms with van der Waals surface area (Å²) in [5, 5.41) is 9.41. The Labute approximate surface area is 99.6 Å². The molecule has 3 N–H and O–H groups in total. The molecule has 17 heavy (non-hydrogen) atoms. The highest BCUT2D eigenvalue weighted by Crippen LogP contribution is 2.26. The van der Waals surface area contributed by atoms with E-state index in [0.717, 1.165) is 18.4 Å². The van der Waals surface area contributed by atoms with Gasteiger partial charge in [0, 0.05) is 13.3 Å². The molecule has 0 aliphatic rings. The van der Waals surface area contributed by atoms with Gasteiger partial charge in [-0.2, -0.15) is 8.42 Å². The maximum atomic E-state index is 11.3. The second-order valence-electron chi connectivity index (χ2n) is 3.26. The molecule has 7 nitrogen and oxygen atoms in total. The van der Waals surface area contributed by atoms with Gasteiger partial charge in [0.05, 0.1) is 10.6 Å². The van der Waals surface area contributed by atoms with E-state index in [-0.39, 0.29) is 16.3 Å². The third-order valence-electron chi connectivity index (χ3n) is 1.91. The van der Waals surface area contributed by atoms with Crippen LogP contribution in [0.5, 0.6) is 5.75 Å². The monoisotopic (exact) mass is 280 g/mol. The number of benzene rings is 1. The van der Waals surface area contributed by atoms with Crippen molar-refractivity contribution in [1.82, 2.24) is 4.72 Å². The van der Waals surface area contributed by atoms with Crippen LogP contribution in [-0.2, 0) is 20.0 Å². The van der Waals surface area contributed by atoms with Gasteiger partial charge in [0.2, 0.25) is 0 Å². The van der Waals surface area contributed by atoms with Crippen molar-refractivity contribution >= 4 is 25.7 Å². The fraction of sp³-hybridized carbons (Fsp3) is 0.250. The molecule has 0 radical (unpaired) electrons. The molecule has 0 atom stereocenters. The SMILES string of the molecule is CNS(=O)(=O)Nc1cc(S(C)(=O)=O)ccc1O. The Morgan fingerprint density at radius 2 is 1.76 bits per heavy atom. The lowest BCUT2D eigenvalue weighted by Crippen LogP contribution is -2.26. The highest BCUT2D eigenvalue weighted by Gasteiger charge is 2.14. The van der Waals surface area contributed by atoms with Crippen molar-refractivity contribution in [2.24, 2.45) is 0 Å². The highest BCUT2D eigenvalue weighted by atomic mass is 32.2. The molecule has 1 rings (SSSR count). The first-order chi connectivity index (χ1) is 7.65. The molecule has 0 fully saturated rings. The first kappa shape index (κ1) is 13.7. The molecule has 0 bridgehead atoms. The number of hydrogen-bond acceptors (Lipinski definition) is 5. The van der Waals surface area contributed by atoms with Crippen LogP contribution in [0.25, 0.3) is 0 Å². The summed E-state index contributed by atoms with van der Waals surface area (Å²) in [7, 11) is -6.10. The smallest absolute Gasteiger partial charge is 0.298 e. The Morgan fingerprint density at radius 3 is 2.24 bits per heavy atom. The molecule has 1 aromatic rings. The Balaban J connectivity index is 3.26. The predicted molar refractivity (Wildman–Crippen MR) is 62.8 cm³/mol. The zero-order valence-corrected chi connectivity index (χ0v) is 10.8. The first-order valence-corrected chi connectivity index (χ1v) is 7.77. The molecule has 0 aliphatic heterocycles. The van der Waals surface area contributed by atoms with E-state index in [1.807, 2.05) is 9.44 Å². The molecule has 0 saturated heterocycles. The second-order valence-corrected chi connectivity index (χ2v) is 6.90. The van der Waals surface area contributed by atoms with Crippen LogP contribution in [0.1, 0.15) is 0 Å². The Hall–Kier alpha value is -1.32. The topological polar surface area (TPSA) is 113 Å². The third-order valence-corrected chi connectivity index (χ3v) is 4.05. The van der Waals surface area contributed by atoms with E-state index in [4.69, 9.17) is 0 Å². The van der Waals surface area contributed by atoms with Crippen molar-refractivity contribution in [1.29, 1.82) is 0 Å². The van der Waals surface area contributed by atoms with E-state index in [1.165, 1.54) is 13.1 Å². The summed E-state index contributed by atoms with van der Waals surface area (Å²) in [6.07, 6.45) is 0.982. The van der Waals surface area contributed by atoms with Gasteiger partial charge >= 0.3 is 0 Å². The lowest BCUT2D eigenvalue weighted by Gasteiger charge is -2.09. The van der Waals surface area contributed by atoms with Gasteiger partial charge in [-0.25, -0.2) is 13.1 Å². The van der Waals surface area contributed by atoms with Gasteiger partial charge < -0.3 is 5.11 Å². The van der Waals surface area contributed by atoms with Gasteiger partial charge in [0.15, 0.2) is 9.84 Å². The van der Waals surface area contributed by atoms with Crippen LogP contribution in [0.2, 0.25) is 0 Å². The number of rotatable bonds is 4. The molecule has 0 saturated carbocycles. The van der Waals surface area contributed by atoms with Gasteiger partial charge in [0.25, 0.3) is 10.2 Å². The van der Waals surface area contributed by atoms with Gasteiger partial charge in [-0.05, 0) is 18.2 Å². The van der Waals surface area contributed by atoms with E-state index in [2.05, 4.69) is 0 Å². The van der Waals surface area contributed by atoms with E-state index in [0.29, 0.717) is 0 Å². The number of sulfone groups is 1. The normalized spacial score (nSPS) is 12.4. The van der Waals surface area contributed by atoms with Crippen LogP contribution in [0, 0.1) is 0 Å². The molecule has 1 aromatic carbocycles. The van der Waals surface area contributed by atoms with Crippen molar-refractivity contribution in [2.75, 3.05) is 18.0 Å². The molecular formula is C8H12N2O5S2. The fourth-order valence-electron chi connectivity index (χ4n) is 1.02. The molecule has 0 amide bonds. The lowest BCUT2D eigenvalue weighted by atomic mass is 10.3. The first-order valence-electron chi connectivity index (χ1n) is 4.40. The second kappa shape index (κ2) is 4.51. The van der Waals surface area contributed by atoms with Crippen LogP contribution in [0.4, 0.5) is 5.69 Å². The number of phenols is 1. The summed E-state index contributed by atoms with van der Waals surface area (Å²) in [4.78, 5) is -0.0934. The summed E-state index contributed by atoms with van der Waals surface area (Å²) in [6.45, 7) is 0.